The molecule has 6 heteroatoms. The maximum atomic E-state index is 11.3. The first-order valence-electron chi connectivity index (χ1n) is 5.79. The van der Waals surface area contributed by atoms with Crippen LogP contribution in [0, 0.1) is 19.3 Å². The third-order valence-electron chi connectivity index (χ3n) is 2.83. The van der Waals surface area contributed by atoms with E-state index in [9.17, 15) is 9.90 Å². The van der Waals surface area contributed by atoms with E-state index in [1.165, 1.54) is 6.20 Å². The number of aryl methyl sites for hydroxylation is 2. The number of hydrogen-bond donors (Lipinski definition) is 2. The number of carboxylic acids is 1. The highest BCUT2D eigenvalue weighted by atomic mass is 16.4. The number of rotatable bonds is 4. The Balaban J connectivity index is 2.62. The molecule has 0 aliphatic carbocycles. The summed E-state index contributed by atoms with van der Waals surface area (Å²) in [7, 11) is 1.77. The van der Waals surface area contributed by atoms with Crippen LogP contribution in [0.4, 0.5) is 5.69 Å². The van der Waals surface area contributed by atoms with Crippen LogP contribution < -0.4 is 5.32 Å². The molecule has 2 aromatic rings. The van der Waals surface area contributed by atoms with E-state index in [1.54, 1.807) is 11.7 Å². The quantitative estimate of drug-likeness (QED) is 0.640. The molecule has 0 aliphatic rings. The predicted molar refractivity (Wildman–Crippen MR) is 72.1 cm³/mol. The average molecular weight is 258 g/mol. The van der Waals surface area contributed by atoms with Gasteiger partial charge in [0.05, 0.1) is 16.8 Å². The Bertz CT molecular complexity index is 682. The molecule has 0 aliphatic heterocycles. The van der Waals surface area contributed by atoms with E-state index < -0.39 is 5.97 Å². The lowest BCUT2D eigenvalue weighted by atomic mass is 10.1. The topological polar surface area (TPSA) is 80.0 Å². The highest BCUT2D eigenvalue weighted by molar-refractivity contribution is 6.04. The lowest BCUT2D eigenvalue weighted by molar-refractivity contribution is 0.0697. The van der Waals surface area contributed by atoms with Gasteiger partial charge in [-0.1, -0.05) is 0 Å². The first-order valence-corrected chi connectivity index (χ1v) is 5.79. The Morgan fingerprint density at radius 3 is 3.00 bits per heavy atom. The van der Waals surface area contributed by atoms with Gasteiger partial charge in [0.15, 0.2) is 5.65 Å². The Morgan fingerprint density at radius 2 is 2.37 bits per heavy atom. The summed E-state index contributed by atoms with van der Waals surface area (Å²) >= 11 is 0. The summed E-state index contributed by atoms with van der Waals surface area (Å²) in [5.41, 5.74) is 2.03. The van der Waals surface area contributed by atoms with Crippen LogP contribution in [0.2, 0.25) is 0 Å². The molecule has 19 heavy (non-hydrogen) atoms. The first-order chi connectivity index (χ1) is 9.06. The molecule has 2 heterocycles. The fourth-order valence-corrected chi connectivity index (χ4v) is 2.02. The van der Waals surface area contributed by atoms with E-state index in [1.807, 2.05) is 6.92 Å². The van der Waals surface area contributed by atoms with E-state index >= 15 is 0 Å². The molecule has 0 amide bonds. The first kappa shape index (κ1) is 12.9. The second-order valence-corrected chi connectivity index (χ2v) is 4.14. The average Bonchev–Trinajstić information content (AvgIpc) is 2.65. The van der Waals surface area contributed by atoms with Crippen molar-refractivity contribution in [2.24, 2.45) is 7.05 Å². The zero-order valence-electron chi connectivity index (χ0n) is 10.8. The van der Waals surface area contributed by atoms with Crippen LogP contribution in [0.25, 0.3) is 11.0 Å². The van der Waals surface area contributed by atoms with Crippen LogP contribution in [-0.4, -0.2) is 32.4 Å². The number of aromatic nitrogens is 3. The number of nitrogens with zero attached hydrogens (tertiary/aromatic N) is 3. The number of terminal acetylenes is 1. The molecule has 0 saturated carbocycles. The van der Waals surface area contributed by atoms with Gasteiger partial charge < -0.3 is 10.4 Å². The monoisotopic (exact) mass is 258 g/mol. The van der Waals surface area contributed by atoms with Crippen molar-refractivity contribution in [3.8, 4) is 12.3 Å². The van der Waals surface area contributed by atoms with Crippen molar-refractivity contribution in [3.63, 3.8) is 0 Å². The summed E-state index contributed by atoms with van der Waals surface area (Å²) in [5, 5.41) is 17.3. The van der Waals surface area contributed by atoms with Crippen molar-refractivity contribution in [2.75, 3.05) is 11.9 Å². The van der Waals surface area contributed by atoms with E-state index in [0.29, 0.717) is 24.3 Å². The lowest BCUT2D eigenvalue weighted by Gasteiger charge is -2.10. The number of anilines is 1. The van der Waals surface area contributed by atoms with Crippen LogP contribution in [-0.2, 0) is 7.05 Å². The fraction of sp³-hybridized carbons (Fsp3) is 0.308. The number of fused-ring (bicyclic) bond motifs is 1. The fourth-order valence-electron chi connectivity index (χ4n) is 2.02. The minimum Gasteiger partial charge on any atom is -0.478 e. The molecule has 2 rings (SSSR count). The van der Waals surface area contributed by atoms with E-state index in [0.717, 1.165) is 11.1 Å². The molecule has 2 N–H and O–H groups in total. The molecule has 0 atom stereocenters. The Kier molecular flexibility index (Phi) is 3.38. The summed E-state index contributed by atoms with van der Waals surface area (Å²) in [6, 6.07) is 0. The summed E-state index contributed by atoms with van der Waals surface area (Å²) in [6.07, 6.45) is 7.06. The molecule has 0 radical (unpaired) electrons. The van der Waals surface area contributed by atoms with Gasteiger partial charge in [-0.15, -0.1) is 12.3 Å². The number of carbonyl (C=O) groups is 1. The van der Waals surface area contributed by atoms with Crippen molar-refractivity contribution < 1.29 is 9.90 Å². The van der Waals surface area contributed by atoms with Gasteiger partial charge in [0.2, 0.25) is 0 Å². The number of carboxylic acid groups (broad SMARTS) is 1. The molecule has 0 bridgehead atoms. The minimum absolute atomic E-state index is 0.126. The van der Waals surface area contributed by atoms with Gasteiger partial charge in [0, 0.05) is 26.2 Å². The smallest absolute Gasteiger partial charge is 0.339 e. The number of nitrogens with one attached hydrogen (secondary N) is 1. The second-order valence-electron chi connectivity index (χ2n) is 4.14. The molecular weight excluding hydrogens is 244 g/mol. The molecule has 0 saturated heterocycles. The Labute approximate surface area is 110 Å². The standard InChI is InChI=1S/C13H14N4O2/c1-4-5-6-14-11-9(13(18)19)7-15-12-10(11)8(2)16-17(12)3/h1,7H,5-6H2,2-3H3,(H,14,15)(H,18,19). The van der Waals surface area contributed by atoms with Crippen LogP contribution in [0.5, 0.6) is 0 Å². The SMILES string of the molecule is C#CCCNc1c(C(=O)O)cnc2c1c(C)nn2C. The van der Waals surface area contributed by atoms with Crippen molar-refractivity contribution >= 4 is 22.7 Å². The van der Waals surface area contributed by atoms with Gasteiger partial charge >= 0.3 is 5.97 Å². The summed E-state index contributed by atoms with van der Waals surface area (Å²) in [6.45, 7) is 2.33. The molecular formula is C13H14N4O2. The van der Waals surface area contributed by atoms with Gasteiger partial charge in [-0.05, 0) is 6.92 Å². The maximum Gasteiger partial charge on any atom is 0.339 e. The van der Waals surface area contributed by atoms with Gasteiger partial charge in [0.1, 0.15) is 5.56 Å². The zero-order valence-corrected chi connectivity index (χ0v) is 10.8. The van der Waals surface area contributed by atoms with Crippen molar-refractivity contribution in [2.45, 2.75) is 13.3 Å². The Hall–Kier alpha value is -2.55. The molecule has 6 nitrogen and oxygen atoms in total. The summed E-state index contributed by atoms with van der Waals surface area (Å²) in [4.78, 5) is 15.4. The van der Waals surface area contributed by atoms with Crippen LogP contribution >= 0.6 is 0 Å². The molecule has 0 unspecified atom stereocenters. The van der Waals surface area contributed by atoms with Gasteiger partial charge in [-0.3, -0.25) is 4.68 Å². The van der Waals surface area contributed by atoms with Crippen LogP contribution in [0.15, 0.2) is 6.20 Å². The normalized spacial score (nSPS) is 10.4. The number of pyridine rings is 1. The third-order valence-corrected chi connectivity index (χ3v) is 2.83. The van der Waals surface area contributed by atoms with Gasteiger partial charge in [0.25, 0.3) is 0 Å². The lowest BCUT2D eigenvalue weighted by Crippen LogP contribution is -2.09. The van der Waals surface area contributed by atoms with Crippen LogP contribution in [0.1, 0.15) is 22.5 Å². The van der Waals surface area contributed by atoms with Crippen molar-refractivity contribution in [1.82, 2.24) is 14.8 Å². The zero-order chi connectivity index (χ0) is 14.0. The number of aromatic carboxylic acids is 1. The Morgan fingerprint density at radius 1 is 1.63 bits per heavy atom. The largest absolute Gasteiger partial charge is 0.478 e. The van der Waals surface area contributed by atoms with Gasteiger partial charge in [-0.2, -0.15) is 5.10 Å². The van der Waals surface area contributed by atoms with Gasteiger partial charge in [-0.25, -0.2) is 9.78 Å². The molecule has 2 aromatic heterocycles. The maximum absolute atomic E-state index is 11.3. The minimum atomic E-state index is -1.03. The number of hydrogen-bond acceptors (Lipinski definition) is 4. The van der Waals surface area contributed by atoms with Crippen molar-refractivity contribution in [1.29, 1.82) is 0 Å². The summed E-state index contributed by atoms with van der Waals surface area (Å²) < 4.78 is 1.63. The van der Waals surface area contributed by atoms with E-state index in [2.05, 4.69) is 21.3 Å². The highest BCUT2D eigenvalue weighted by Crippen LogP contribution is 2.28. The third kappa shape index (κ3) is 2.22. The predicted octanol–water partition coefficient (Wildman–Crippen LogP) is 1.41. The summed E-state index contributed by atoms with van der Waals surface area (Å²) in [5.74, 6) is 1.48. The molecule has 0 aromatic carbocycles. The van der Waals surface area contributed by atoms with Crippen molar-refractivity contribution in [3.05, 3.63) is 17.5 Å². The molecule has 98 valence electrons. The van der Waals surface area contributed by atoms with Crippen LogP contribution in [0.3, 0.4) is 0 Å². The van der Waals surface area contributed by atoms with E-state index in [4.69, 9.17) is 6.42 Å². The second kappa shape index (κ2) is 4.98. The molecule has 0 fully saturated rings. The van der Waals surface area contributed by atoms with E-state index in [-0.39, 0.29) is 5.56 Å². The molecule has 0 spiro atoms. The highest BCUT2D eigenvalue weighted by Gasteiger charge is 2.18.